The van der Waals surface area contributed by atoms with Gasteiger partial charge in [0.05, 0.1) is 12.6 Å². The molecule has 1 atom stereocenters. The molecule has 0 radical (unpaired) electrons. The van der Waals surface area contributed by atoms with Crippen molar-refractivity contribution in [3.05, 3.63) is 18.0 Å². The van der Waals surface area contributed by atoms with Crippen molar-refractivity contribution < 1.29 is 5.11 Å². The van der Waals surface area contributed by atoms with Crippen LogP contribution in [0.2, 0.25) is 0 Å². The Morgan fingerprint density at radius 3 is 2.53 bits per heavy atom. The molecule has 0 saturated carbocycles. The minimum absolute atomic E-state index is 0.0794. The monoisotopic (exact) mass is 236 g/mol. The van der Waals surface area contributed by atoms with Gasteiger partial charge in [0, 0.05) is 31.0 Å². The first-order chi connectivity index (χ1) is 8.20. The average Bonchev–Trinajstić information content (AvgIpc) is 2.39. The molecule has 1 aliphatic heterocycles. The Labute approximate surface area is 102 Å². The summed E-state index contributed by atoms with van der Waals surface area (Å²) < 4.78 is 0. The molecule has 17 heavy (non-hydrogen) atoms. The highest BCUT2D eigenvalue weighted by Crippen LogP contribution is 2.20. The lowest BCUT2D eigenvalue weighted by atomic mass is 10.00. The molecule has 1 fully saturated rings. The molecule has 0 spiro atoms. The predicted octanol–water partition coefficient (Wildman–Crippen LogP) is 0.705. The summed E-state index contributed by atoms with van der Waals surface area (Å²) in [5.74, 6) is 1.57. The number of nitrogens with two attached hydrogens (primary N) is 1. The second-order valence-corrected chi connectivity index (χ2v) is 4.78. The highest BCUT2D eigenvalue weighted by Gasteiger charge is 2.18. The Bertz CT molecular complexity index is 346. The van der Waals surface area contributed by atoms with Crippen LogP contribution in [0.15, 0.2) is 12.4 Å². The van der Waals surface area contributed by atoms with Crippen LogP contribution in [0.25, 0.3) is 0 Å². The van der Waals surface area contributed by atoms with E-state index in [1.807, 2.05) is 0 Å². The molecule has 3 N–H and O–H groups in total. The van der Waals surface area contributed by atoms with E-state index in [4.69, 9.17) is 10.8 Å². The number of aromatic nitrogens is 2. The summed E-state index contributed by atoms with van der Waals surface area (Å²) in [4.78, 5) is 10.8. The van der Waals surface area contributed by atoms with Gasteiger partial charge in [-0.3, -0.25) is 0 Å². The highest BCUT2D eigenvalue weighted by molar-refractivity contribution is 5.31. The van der Waals surface area contributed by atoms with Crippen LogP contribution in [0.5, 0.6) is 0 Å². The van der Waals surface area contributed by atoms with Crippen molar-refractivity contribution >= 4 is 5.95 Å². The molecule has 0 aliphatic carbocycles. The molecule has 0 amide bonds. The molecule has 2 rings (SSSR count). The molecule has 94 valence electrons. The van der Waals surface area contributed by atoms with Gasteiger partial charge in [0.25, 0.3) is 0 Å². The van der Waals surface area contributed by atoms with Gasteiger partial charge in [-0.05, 0) is 18.8 Å². The normalized spacial score (nSPS) is 19.4. The van der Waals surface area contributed by atoms with Crippen LogP contribution in [-0.2, 0) is 0 Å². The van der Waals surface area contributed by atoms with Crippen LogP contribution in [0.4, 0.5) is 5.95 Å². The molecule has 2 heterocycles. The van der Waals surface area contributed by atoms with Gasteiger partial charge in [-0.15, -0.1) is 0 Å². The summed E-state index contributed by atoms with van der Waals surface area (Å²) in [6, 6.07) is -0.384. The summed E-state index contributed by atoms with van der Waals surface area (Å²) in [6.07, 6.45) is 5.81. The minimum Gasteiger partial charge on any atom is -0.394 e. The molecule has 1 saturated heterocycles. The third kappa shape index (κ3) is 2.92. The van der Waals surface area contributed by atoms with E-state index < -0.39 is 0 Å². The lowest BCUT2D eigenvalue weighted by molar-refractivity contribution is 0.267. The summed E-state index contributed by atoms with van der Waals surface area (Å²) in [5, 5.41) is 8.94. The third-order valence-corrected chi connectivity index (χ3v) is 3.35. The van der Waals surface area contributed by atoms with Crippen LogP contribution < -0.4 is 10.6 Å². The summed E-state index contributed by atoms with van der Waals surface area (Å²) in [7, 11) is 0. The first kappa shape index (κ1) is 12.3. The lowest BCUT2D eigenvalue weighted by Gasteiger charge is -2.30. The number of hydrogen-bond donors (Lipinski definition) is 2. The number of hydrogen-bond acceptors (Lipinski definition) is 5. The van der Waals surface area contributed by atoms with E-state index >= 15 is 0 Å². The van der Waals surface area contributed by atoms with Crippen LogP contribution in [-0.4, -0.2) is 34.8 Å². The number of nitrogens with zero attached hydrogens (tertiary/aromatic N) is 3. The second-order valence-electron chi connectivity index (χ2n) is 4.78. The predicted molar refractivity (Wildman–Crippen MR) is 66.7 cm³/mol. The largest absolute Gasteiger partial charge is 0.394 e. The van der Waals surface area contributed by atoms with E-state index in [2.05, 4.69) is 21.8 Å². The fraction of sp³-hybridized carbons (Fsp3) is 0.667. The SMILES string of the molecule is CC1CCN(c2ncc(C(N)CO)cn2)CC1. The van der Waals surface area contributed by atoms with Crippen LogP contribution in [0, 0.1) is 5.92 Å². The first-order valence-corrected chi connectivity index (χ1v) is 6.14. The van der Waals surface area contributed by atoms with Crippen molar-refractivity contribution in [1.29, 1.82) is 0 Å². The molecular weight excluding hydrogens is 216 g/mol. The summed E-state index contributed by atoms with van der Waals surface area (Å²) in [6.45, 7) is 4.24. The molecule has 0 aromatic carbocycles. The standard InChI is InChI=1S/C12H20N4O/c1-9-2-4-16(5-3-9)12-14-6-10(7-15-12)11(13)8-17/h6-7,9,11,17H,2-5,8,13H2,1H3. The number of aliphatic hydroxyl groups is 1. The number of anilines is 1. The Morgan fingerprint density at radius 2 is 2.00 bits per heavy atom. The molecule has 1 aliphatic rings. The number of rotatable bonds is 3. The minimum atomic E-state index is -0.384. The first-order valence-electron chi connectivity index (χ1n) is 6.14. The smallest absolute Gasteiger partial charge is 0.225 e. The molecule has 0 bridgehead atoms. The van der Waals surface area contributed by atoms with Crippen LogP contribution in [0.1, 0.15) is 31.4 Å². The maximum absolute atomic E-state index is 8.94. The topological polar surface area (TPSA) is 75.3 Å². The maximum atomic E-state index is 8.94. The van der Waals surface area contributed by atoms with Crippen LogP contribution in [0.3, 0.4) is 0 Å². The lowest BCUT2D eigenvalue weighted by Crippen LogP contribution is -2.34. The molecular formula is C12H20N4O. The zero-order valence-electron chi connectivity index (χ0n) is 10.2. The van der Waals surface area contributed by atoms with Crippen molar-refractivity contribution in [2.24, 2.45) is 11.7 Å². The van der Waals surface area contributed by atoms with Gasteiger partial charge < -0.3 is 15.7 Å². The van der Waals surface area contributed by atoms with Crippen molar-refractivity contribution in [3.8, 4) is 0 Å². The molecule has 5 heteroatoms. The quantitative estimate of drug-likeness (QED) is 0.808. The average molecular weight is 236 g/mol. The van der Waals surface area contributed by atoms with E-state index in [0.717, 1.165) is 30.5 Å². The van der Waals surface area contributed by atoms with E-state index in [1.165, 1.54) is 12.8 Å². The van der Waals surface area contributed by atoms with Crippen molar-refractivity contribution in [2.45, 2.75) is 25.8 Å². The van der Waals surface area contributed by atoms with E-state index in [-0.39, 0.29) is 12.6 Å². The molecule has 1 aromatic rings. The third-order valence-electron chi connectivity index (χ3n) is 3.35. The highest BCUT2D eigenvalue weighted by atomic mass is 16.3. The summed E-state index contributed by atoms with van der Waals surface area (Å²) >= 11 is 0. The van der Waals surface area contributed by atoms with E-state index in [1.54, 1.807) is 12.4 Å². The molecule has 1 unspecified atom stereocenters. The fourth-order valence-corrected chi connectivity index (χ4v) is 2.00. The van der Waals surface area contributed by atoms with Gasteiger partial charge in [0.2, 0.25) is 5.95 Å². The van der Waals surface area contributed by atoms with Gasteiger partial charge in [-0.25, -0.2) is 9.97 Å². The Hall–Kier alpha value is -1.20. The molecule has 5 nitrogen and oxygen atoms in total. The zero-order chi connectivity index (χ0) is 12.3. The maximum Gasteiger partial charge on any atom is 0.225 e. The fourth-order valence-electron chi connectivity index (χ4n) is 2.00. The Kier molecular flexibility index (Phi) is 3.91. The number of piperidine rings is 1. The zero-order valence-corrected chi connectivity index (χ0v) is 10.2. The van der Waals surface area contributed by atoms with Gasteiger partial charge >= 0.3 is 0 Å². The van der Waals surface area contributed by atoms with Gasteiger partial charge in [-0.1, -0.05) is 6.92 Å². The van der Waals surface area contributed by atoms with E-state index in [0.29, 0.717) is 0 Å². The molecule has 1 aromatic heterocycles. The van der Waals surface area contributed by atoms with Crippen LogP contribution >= 0.6 is 0 Å². The van der Waals surface area contributed by atoms with Gasteiger partial charge in [0.1, 0.15) is 0 Å². The van der Waals surface area contributed by atoms with Crippen molar-refractivity contribution in [3.63, 3.8) is 0 Å². The number of aliphatic hydroxyl groups excluding tert-OH is 1. The van der Waals surface area contributed by atoms with Gasteiger partial charge in [-0.2, -0.15) is 0 Å². The summed E-state index contributed by atoms with van der Waals surface area (Å²) in [5.41, 5.74) is 6.48. The van der Waals surface area contributed by atoms with E-state index in [9.17, 15) is 0 Å². The van der Waals surface area contributed by atoms with Crippen molar-refractivity contribution in [1.82, 2.24) is 9.97 Å². The Morgan fingerprint density at radius 1 is 1.41 bits per heavy atom. The van der Waals surface area contributed by atoms with Gasteiger partial charge in [0.15, 0.2) is 0 Å². The van der Waals surface area contributed by atoms with Crippen molar-refractivity contribution in [2.75, 3.05) is 24.6 Å². The second kappa shape index (κ2) is 5.42. The Balaban J connectivity index is 2.02.